The van der Waals surface area contributed by atoms with Gasteiger partial charge in [0.15, 0.2) is 0 Å². The van der Waals surface area contributed by atoms with Gasteiger partial charge in [0, 0.05) is 5.02 Å². The normalized spacial score (nSPS) is 22.7. The van der Waals surface area contributed by atoms with Gasteiger partial charge in [0.2, 0.25) is 11.8 Å². The van der Waals surface area contributed by atoms with E-state index < -0.39 is 54.5 Å². The Balaban J connectivity index is 1.68. The molecular weight excluding hydrogens is 477 g/mol. The van der Waals surface area contributed by atoms with Gasteiger partial charge in [0.25, 0.3) is 5.91 Å². The number of hydrogen-bond acceptors (Lipinski definition) is 4. The molecule has 8 nitrogen and oxygen atoms in total. The van der Waals surface area contributed by atoms with E-state index in [9.17, 15) is 32.3 Å². The number of fused-ring (bicyclic) bond motifs is 1. The van der Waals surface area contributed by atoms with Gasteiger partial charge >= 0.3 is 12.2 Å². The van der Waals surface area contributed by atoms with Crippen LogP contribution in [0.25, 0.3) is 0 Å². The largest absolute Gasteiger partial charge is 0.409 e. The molecule has 4 rings (SSSR count). The first kappa shape index (κ1) is 23.6. The summed E-state index contributed by atoms with van der Waals surface area (Å²) in [5.41, 5.74) is -1.34. The molecule has 0 aromatic heterocycles. The SMILES string of the molecule is CC1(c2ccc(Cl)cc2)NC(=O)N(CC(=O)N2c3ccccc3NC(=O)CC2C(F)(F)F)C1=O. The van der Waals surface area contributed by atoms with Crippen molar-refractivity contribution in [1.29, 1.82) is 0 Å². The molecule has 5 amide bonds. The van der Waals surface area contributed by atoms with Crippen molar-refractivity contribution >= 4 is 46.7 Å². The fourth-order valence-corrected chi connectivity index (χ4v) is 4.15. The monoisotopic (exact) mass is 494 g/mol. The number of benzene rings is 2. The van der Waals surface area contributed by atoms with E-state index >= 15 is 0 Å². The fourth-order valence-electron chi connectivity index (χ4n) is 4.03. The highest BCUT2D eigenvalue weighted by molar-refractivity contribution is 6.30. The molecular formula is C22H18ClF3N4O4. The van der Waals surface area contributed by atoms with Gasteiger partial charge < -0.3 is 10.6 Å². The van der Waals surface area contributed by atoms with Crippen LogP contribution in [0.3, 0.4) is 0 Å². The van der Waals surface area contributed by atoms with Crippen molar-refractivity contribution in [3.63, 3.8) is 0 Å². The number of nitrogens with zero attached hydrogens (tertiary/aromatic N) is 2. The van der Waals surface area contributed by atoms with Crippen molar-refractivity contribution in [3.8, 4) is 0 Å². The van der Waals surface area contributed by atoms with E-state index in [0.29, 0.717) is 20.4 Å². The van der Waals surface area contributed by atoms with Crippen LogP contribution in [0.2, 0.25) is 5.02 Å². The molecule has 12 heteroatoms. The molecule has 2 atom stereocenters. The predicted molar refractivity (Wildman–Crippen MR) is 116 cm³/mol. The van der Waals surface area contributed by atoms with Crippen LogP contribution in [0.15, 0.2) is 48.5 Å². The van der Waals surface area contributed by atoms with Crippen molar-refractivity contribution in [2.75, 3.05) is 16.8 Å². The Kier molecular flexibility index (Phi) is 5.76. The van der Waals surface area contributed by atoms with Gasteiger partial charge in [-0.3, -0.25) is 24.2 Å². The molecule has 1 fully saturated rings. The van der Waals surface area contributed by atoms with Crippen LogP contribution < -0.4 is 15.5 Å². The van der Waals surface area contributed by atoms with Crippen molar-refractivity contribution in [3.05, 3.63) is 59.1 Å². The van der Waals surface area contributed by atoms with Gasteiger partial charge in [-0.15, -0.1) is 0 Å². The second-order valence-corrected chi connectivity index (χ2v) is 8.48. The number of hydrogen-bond donors (Lipinski definition) is 2. The number of alkyl halides is 3. The minimum Gasteiger partial charge on any atom is -0.324 e. The Labute approximate surface area is 196 Å². The summed E-state index contributed by atoms with van der Waals surface area (Å²) in [6.07, 6.45) is -5.98. The average Bonchev–Trinajstić information content (AvgIpc) is 2.89. The van der Waals surface area contributed by atoms with E-state index in [1.807, 2.05) is 0 Å². The third-order valence-electron chi connectivity index (χ3n) is 5.76. The second-order valence-electron chi connectivity index (χ2n) is 8.04. The fraction of sp³-hybridized carbons (Fsp3) is 0.273. The number of nitrogens with one attached hydrogen (secondary N) is 2. The van der Waals surface area contributed by atoms with Gasteiger partial charge in [0.1, 0.15) is 18.1 Å². The molecule has 2 aromatic carbocycles. The molecule has 0 saturated carbocycles. The first-order valence-electron chi connectivity index (χ1n) is 10.1. The minimum atomic E-state index is -4.94. The average molecular weight is 495 g/mol. The molecule has 2 aliphatic rings. The Bertz CT molecular complexity index is 1190. The number of para-hydroxylation sites is 2. The lowest BCUT2D eigenvalue weighted by atomic mass is 9.92. The summed E-state index contributed by atoms with van der Waals surface area (Å²) >= 11 is 5.87. The standard InChI is InChI=1S/C22H18ClF3N4O4/c1-21(12-6-8-13(23)9-7-12)19(33)29(20(34)28-21)11-18(32)30-15-5-3-2-4-14(15)27-17(31)10-16(30)22(24,25)26/h2-9,16H,10-11H2,1H3,(H,27,31)(H,28,34). The van der Waals surface area contributed by atoms with Gasteiger partial charge in [-0.25, -0.2) is 4.79 Å². The molecule has 0 bridgehead atoms. The molecule has 178 valence electrons. The molecule has 2 aromatic rings. The summed E-state index contributed by atoms with van der Waals surface area (Å²) in [6.45, 7) is 0.465. The summed E-state index contributed by atoms with van der Waals surface area (Å²) in [6, 6.07) is 8.17. The zero-order chi connectivity index (χ0) is 24.8. The molecule has 2 N–H and O–H groups in total. The van der Waals surface area contributed by atoms with Crippen LogP contribution in [0, 0.1) is 0 Å². The van der Waals surface area contributed by atoms with Crippen molar-refractivity contribution in [1.82, 2.24) is 10.2 Å². The zero-order valence-electron chi connectivity index (χ0n) is 17.6. The van der Waals surface area contributed by atoms with Crippen molar-refractivity contribution in [2.45, 2.75) is 31.1 Å². The molecule has 0 radical (unpaired) electrons. The number of carbonyl (C=O) groups is 4. The Morgan fingerprint density at radius 2 is 1.76 bits per heavy atom. The zero-order valence-corrected chi connectivity index (χ0v) is 18.4. The molecule has 0 aliphatic carbocycles. The van der Waals surface area contributed by atoms with E-state index in [4.69, 9.17) is 11.6 Å². The highest BCUT2D eigenvalue weighted by Crippen LogP contribution is 2.38. The van der Waals surface area contributed by atoms with E-state index in [0.717, 1.165) is 0 Å². The first-order valence-corrected chi connectivity index (χ1v) is 10.5. The Morgan fingerprint density at radius 3 is 2.41 bits per heavy atom. The van der Waals surface area contributed by atoms with E-state index in [2.05, 4.69) is 10.6 Å². The summed E-state index contributed by atoms with van der Waals surface area (Å²) < 4.78 is 41.7. The van der Waals surface area contributed by atoms with Crippen LogP contribution in [0.5, 0.6) is 0 Å². The van der Waals surface area contributed by atoms with Crippen LogP contribution >= 0.6 is 11.6 Å². The number of carbonyl (C=O) groups excluding carboxylic acids is 4. The smallest absolute Gasteiger partial charge is 0.324 e. The number of halogens is 4. The second kappa shape index (κ2) is 8.32. The Hall–Kier alpha value is -3.60. The lowest BCUT2D eigenvalue weighted by Gasteiger charge is -2.32. The Morgan fingerprint density at radius 1 is 1.12 bits per heavy atom. The lowest BCUT2D eigenvalue weighted by Crippen LogP contribution is -2.53. The van der Waals surface area contributed by atoms with Gasteiger partial charge in [-0.05, 0) is 36.8 Å². The molecule has 0 spiro atoms. The number of imide groups is 1. The summed E-state index contributed by atoms with van der Waals surface area (Å²) in [5, 5.41) is 5.25. The van der Waals surface area contributed by atoms with E-state index in [1.54, 1.807) is 0 Å². The van der Waals surface area contributed by atoms with Crippen LogP contribution in [0.4, 0.5) is 29.3 Å². The van der Waals surface area contributed by atoms with Gasteiger partial charge in [0.05, 0.1) is 17.8 Å². The third kappa shape index (κ3) is 4.07. The van der Waals surface area contributed by atoms with Crippen molar-refractivity contribution in [2.24, 2.45) is 0 Å². The number of rotatable bonds is 3. The molecule has 34 heavy (non-hydrogen) atoms. The van der Waals surface area contributed by atoms with E-state index in [-0.39, 0.29) is 11.4 Å². The molecule has 2 unspecified atom stereocenters. The first-order chi connectivity index (χ1) is 15.9. The summed E-state index contributed by atoms with van der Waals surface area (Å²) in [4.78, 5) is 52.0. The highest BCUT2D eigenvalue weighted by Gasteiger charge is 2.52. The summed E-state index contributed by atoms with van der Waals surface area (Å²) in [5.74, 6) is -2.90. The number of amides is 5. The number of urea groups is 1. The third-order valence-corrected chi connectivity index (χ3v) is 6.02. The van der Waals surface area contributed by atoms with Crippen LogP contribution in [-0.4, -0.2) is 47.4 Å². The van der Waals surface area contributed by atoms with Crippen molar-refractivity contribution < 1.29 is 32.3 Å². The lowest BCUT2D eigenvalue weighted by molar-refractivity contribution is -0.158. The highest BCUT2D eigenvalue weighted by atomic mass is 35.5. The predicted octanol–water partition coefficient (Wildman–Crippen LogP) is 3.41. The molecule has 1 saturated heterocycles. The maximum atomic E-state index is 13.9. The quantitative estimate of drug-likeness (QED) is 0.639. The maximum absolute atomic E-state index is 13.9. The minimum absolute atomic E-state index is 0.0100. The topological polar surface area (TPSA) is 98.8 Å². The maximum Gasteiger partial charge on any atom is 0.409 e. The van der Waals surface area contributed by atoms with Crippen LogP contribution in [0.1, 0.15) is 18.9 Å². The molecule has 2 heterocycles. The van der Waals surface area contributed by atoms with E-state index in [1.165, 1.54) is 55.5 Å². The molecule has 2 aliphatic heterocycles. The van der Waals surface area contributed by atoms with Crippen LogP contribution in [-0.2, 0) is 19.9 Å². The number of anilines is 2. The van der Waals surface area contributed by atoms with Gasteiger partial charge in [-0.1, -0.05) is 35.9 Å². The van der Waals surface area contributed by atoms with Gasteiger partial charge in [-0.2, -0.15) is 13.2 Å². The summed E-state index contributed by atoms with van der Waals surface area (Å²) in [7, 11) is 0.